The third-order valence-corrected chi connectivity index (χ3v) is 4.06. The largest absolute Gasteiger partial charge is 0.480 e. The number of ether oxygens (including phenoxy) is 2. The minimum atomic E-state index is -0.106. The maximum absolute atomic E-state index is 12.1. The second-order valence-corrected chi connectivity index (χ2v) is 5.73. The number of carbonyl (C=O) groups excluding carboxylic acids is 1. The van der Waals surface area contributed by atoms with Gasteiger partial charge in [-0.2, -0.15) is 4.98 Å². The van der Waals surface area contributed by atoms with Gasteiger partial charge in [0.1, 0.15) is 6.10 Å². The molecule has 8 heteroatoms. The number of hydrogen-bond donors (Lipinski definition) is 1. The van der Waals surface area contributed by atoms with E-state index < -0.39 is 0 Å². The van der Waals surface area contributed by atoms with Crippen molar-refractivity contribution >= 4 is 22.4 Å². The number of carbonyl (C=O) groups is 1. The highest BCUT2D eigenvalue weighted by molar-refractivity contribution is 7.14. The molecule has 2 amide bonds. The van der Waals surface area contributed by atoms with E-state index in [1.165, 1.54) is 30.8 Å². The second-order valence-electron chi connectivity index (χ2n) is 4.78. The van der Waals surface area contributed by atoms with Gasteiger partial charge in [-0.05, 0) is 17.5 Å². The summed E-state index contributed by atoms with van der Waals surface area (Å²) in [7, 11) is 1.53. The van der Waals surface area contributed by atoms with Crippen LogP contribution in [0.4, 0.5) is 9.80 Å². The highest BCUT2D eigenvalue weighted by Gasteiger charge is 2.28. The Morgan fingerprint density at radius 1 is 1.45 bits per heavy atom. The molecule has 1 N–H and O–H groups in total. The van der Waals surface area contributed by atoms with E-state index in [-0.39, 0.29) is 12.1 Å². The molecule has 2 aromatic heterocycles. The van der Waals surface area contributed by atoms with Crippen molar-refractivity contribution in [3.8, 4) is 11.8 Å². The van der Waals surface area contributed by atoms with E-state index in [2.05, 4.69) is 15.3 Å². The Bertz CT molecular complexity index is 635. The Labute approximate surface area is 131 Å². The van der Waals surface area contributed by atoms with Crippen LogP contribution in [0.2, 0.25) is 0 Å². The molecule has 0 aliphatic carbocycles. The van der Waals surface area contributed by atoms with Crippen LogP contribution in [0.3, 0.4) is 0 Å². The normalized spacial score (nSPS) is 17.3. The summed E-state index contributed by atoms with van der Waals surface area (Å²) in [6.07, 6.45) is 3.73. The molecule has 1 aliphatic rings. The molecule has 0 saturated carbocycles. The minimum Gasteiger partial charge on any atom is -0.480 e. The molecule has 1 atom stereocenters. The number of thiophene rings is 1. The number of amides is 2. The van der Waals surface area contributed by atoms with Crippen molar-refractivity contribution in [2.45, 2.75) is 12.5 Å². The molecule has 0 radical (unpaired) electrons. The van der Waals surface area contributed by atoms with Crippen molar-refractivity contribution in [1.29, 1.82) is 0 Å². The molecule has 3 rings (SSSR count). The van der Waals surface area contributed by atoms with Gasteiger partial charge >= 0.3 is 6.03 Å². The van der Waals surface area contributed by atoms with Gasteiger partial charge in [0, 0.05) is 13.0 Å². The Morgan fingerprint density at radius 2 is 2.32 bits per heavy atom. The van der Waals surface area contributed by atoms with Gasteiger partial charge in [0.05, 0.1) is 31.0 Å². The van der Waals surface area contributed by atoms with E-state index in [9.17, 15) is 4.79 Å². The number of hydrogen-bond acceptors (Lipinski definition) is 6. The summed E-state index contributed by atoms with van der Waals surface area (Å²) in [6.45, 7) is 1.18. The van der Waals surface area contributed by atoms with Gasteiger partial charge in [-0.3, -0.25) is 10.3 Å². The molecule has 3 heterocycles. The summed E-state index contributed by atoms with van der Waals surface area (Å²) in [4.78, 5) is 22.0. The lowest BCUT2D eigenvalue weighted by Gasteiger charge is -2.17. The van der Waals surface area contributed by atoms with Gasteiger partial charge in [0.15, 0.2) is 0 Å². The van der Waals surface area contributed by atoms with Gasteiger partial charge in [-0.1, -0.05) is 0 Å². The number of methoxy groups -OCH3 is 1. The van der Waals surface area contributed by atoms with E-state index >= 15 is 0 Å². The Kier molecular flexibility index (Phi) is 4.38. The number of nitrogens with one attached hydrogen (secondary N) is 1. The number of aromatic nitrogens is 2. The molecule has 2 aromatic rings. The molecular weight excluding hydrogens is 304 g/mol. The lowest BCUT2D eigenvalue weighted by atomic mass is 10.3. The first-order chi connectivity index (χ1) is 10.7. The minimum absolute atomic E-state index is 0.0875. The molecule has 7 nitrogen and oxygen atoms in total. The van der Waals surface area contributed by atoms with Crippen LogP contribution in [0.5, 0.6) is 11.8 Å². The van der Waals surface area contributed by atoms with E-state index in [1.54, 1.807) is 4.90 Å². The van der Waals surface area contributed by atoms with Crippen molar-refractivity contribution in [3.63, 3.8) is 0 Å². The van der Waals surface area contributed by atoms with Crippen molar-refractivity contribution in [1.82, 2.24) is 14.9 Å². The molecule has 22 heavy (non-hydrogen) atoms. The van der Waals surface area contributed by atoms with Gasteiger partial charge in [-0.25, -0.2) is 4.79 Å². The lowest BCUT2D eigenvalue weighted by molar-refractivity contribution is 0.188. The Balaban J connectivity index is 1.54. The van der Waals surface area contributed by atoms with Crippen LogP contribution >= 0.6 is 11.3 Å². The fraction of sp³-hybridized carbons (Fsp3) is 0.357. The van der Waals surface area contributed by atoms with E-state index in [1.807, 2.05) is 17.5 Å². The smallest absolute Gasteiger partial charge is 0.322 e. The zero-order valence-corrected chi connectivity index (χ0v) is 12.9. The van der Waals surface area contributed by atoms with Gasteiger partial charge < -0.3 is 14.4 Å². The maximum atomic E-state index is 12.1. The van der Waals surface area contributed by atoms with Gasteiger partial charge in [0.2, 0.25) is 11.8 Å². The Hall–Kier alpha value is -2.35. The molecular formula is C14H16N4O3S. The first-order valence-electron chi connectivity index (χ1n) is 6.87. The highest BCUT2D eigenvalue weighted by Crippen LogP contribution is 2.20. The molecule has 0 spiro atoms. The zero-order chi connectivity index (χ0) is 15.4. The molecule has 1 fully saturated rings. The first-order valence-corrected chi connectivity index (χ1v) is 7.74. The van der Waals surface area contributed by atoms with Crippen LogP contribution in [0.15, 0.2) is 29.9 Å². The third kappa shape index (κ3) is 3.45. The summed E-state index contributed by atoms with van der Waals surface area (Å²) < 4.78 is 10.8. The second kappa shape index (κ2) is 6.61. The topological polar surface area (TPSA) is 76.6 Å². The van der Waals surface area contributed by atoms with E-state index in [4.69, 9.17) is 9.47 Å². The monoisotopic (exact) mass is 320 g/mol. The molecule has 0 bridgehead atoms. The quantitative estimate of drug-likeness (QED) is 0.935. The van der Waals surface area contributed by atoms with Crippen LogP contribution in [0, 0.1) is 0 Å². The van der Waals surface area contributed by atoms with Gasteiger partial charge in [0.25, 0.3) is 0 Å². The van der Waals surface area contributed by atoms with Crippen molar-refractivity contribution < 1.29 is 14.3 Å². The standard InChI is InChI=1S/C14H16N4O3S/c1-20-11-7-15-8-12(16-11)21-10-4-5-18(9-10)14(19)17-13-3-2-6-22-13/h2-3,6-8,10H,4-5,9H2,1H3,(H,17,19)/t10-/m1/s1. The van der Waals surface area contributed by atoms with Crippen LogP contribution < -0.4 is 14.8 Å². The predicted molar refractivity (Wildman–Crippen MR) is 82.5 cm³/mol. The maximum Gasteiger partial charge on any atom is 0.322 e. The summed E-state index contributed by atoms with van der Waals surface area (Å²) >= 11 is 1.50. The fourth-order valence-corrected chi connectivity index (χ4v) is 2.81. The number of rotatable bonds is 4. The molecule has 116 valence electrons. The van der Waals surface area contributed by atoms with E-state index in [0.29, 0.717) is 24.8 Å². The van der Waals surface area contributed by atoms with Crippen LogP contribution in [-0.4, -0.2) is 47.2 Å². The third-order valence-electron chi connectivity index (χ3n) is 3.27. The number of urea groups is 1. The summed E-state index contributed by atoms with van der Waals surface area (Å²) in [6, 6.07) is 3.67. The van der Waals surface area contributed by atoms with Crippen LogP contribution in [0.1, 0.15) is 6.42 Å². The number of likely N-dealkylation sites (tertiary alicyclic amines) is 1. The van der Waals surface area contributed by atoms with Crippen molar-refractivity contribution in [3.05, 3.63) is 29.9 Å². The van der Waals surface area contributed by atoms with Gasteiger partial charge in [-0.15, -0.1) is 11.3 Å². The van der Waals surface area contributed by atoms with Crippen molar-refractivity contribution in [2.24, 2.45) is 0 Å². The van der Waals surface area contributed by atoms with Crippen molar-refractivity contribution in [2.75, 3.05) is 25.5 Å². The molecule has 1 aliphatic heterocycles. The summed E-state index contributed by atoms with van der Waals surface area (Å²) in [5.41, 5.74) is 0. The number of anilines is 1. The first kappa shape index (κ1) is 14.6. The van der Waals surface area contributed by atoms with E-state index in [0.717, 1.165) is 11.4 Å². The van der Waals surface area contributed by atoms with Crippen LogP contribution in [0.25, 0.3) is 0 Å². The molecule has 1 saturated heterocycles. The fourth-order valence-electron chi connectivity index (χ4n) is 2.20. The Morgan fingerprint density at radius 3 is 3.09 bits per heavy atom. The zero-order valence-electron chi connectivity index (χ0n) is 12.1. The average molecular weight is 320 g/mol. The molecule has 0 unspecified atom stereocenters. The predicted octanol–water partition coefficient (Wildman–Crippen LogP) is 2.23. The summed E-state index contributed by atoms with van der Waals surface area (Å²) in [5.74, 6) is 0.813. The van der Waals surface area contributed by atoms with Crippen LogP contribution in [-0.2, 0) is 0 Å². The molecule has 0 aromatic carbocycles. The average Bonchev–Trinajstić information content (AvgIpc) is 3.19. The SMILES string of the molecule is COc1cncc(O[C@@H]2CCN(C(=O)Nc3cccs3)C2)n1. The highest BCUT2D eigenvalue weighted by atomic mass is 32.1. The lowest BCUT2D eigenvalue weighted by Crippen LogP contribution is -2.34. The number of nitrogens with zero attached hydrogens (tertiary/aromatic N) is 3. The summed E-state index contributed by atoms with van der Waals surface area (Å²) in [5, 5.41) is 5.63.